The Bertz CT molecular complexity index is 1380. The first-order valence-electron chi connectivity index (χ1n) is 14.9. The smallest absolute Gasteiger partial charge is 0.248 e. The third-order valence-corrected chi connectivity index (χ3v) is 11.3. The molecule has 3 aliphatic rings. The number of aliphatic hydroxyl groups is 1. The molecule has 1 spiro atoms. The van der Waals surface area contributed by atoms with E-state index < -0.39 is 33.4 Å². The summed E-state index contributed by atoms with van der Waals surface area (Å²) in [6, 6.07) is 6.19. The minimum absolute atomic E-state index is 0.0474. The van der Waals surface area contributed by atoms with Gasteiger partial charge in [0.15, 0.2) is 0 Å². The zero-order valence-corrected chi connectivity index (χ0v) is 25.6. The van der Waals surface area contributed by atoms with Crippen LogP contribution in [0.2, 0.25) is 0 Å². The Kier molecular flexibility index (Phi) is 8.53. The van der Waals surface area contributed by atoms with Crippen LogP contribution in [0.5, 0.6) is 0 Å². The van der Waals surface area contributed by atoms with Crippen molar-refractivity contribution in [3.05, 3.63) is 49.6 Å². The number of amides is 3. The second-order valence-electron chi connectivity index (χ2n) is 11.9. The fourth-order valence-corrected chi connectivity index (χ4v) is 9.80. The molecule has 5 rings (SSSR count). The fourth-order valence-electron chi connectivity index (χ4n) is 7.47. The standard InChI is InChI=1S/C31H42N6O4S/c1-6-16-34(17-7-2)27(39)24-25-28(40)37(21(9-4)19-38)26(31(25)15-14-30(24,5)42-31)29(41)35(18-8-3)20-36-23-13-11-10-12-22(23)32-33-36/h6,8,10-13,21,24-26,38H,1,3,7,9,14-20H2,2,4-5H3/t21-,24+,25-,26?,30-,31?/m0/s1. The first kappa shape index (κ1) is 30.3. The third-order valence-electron chi connectivity index (χ3n) is 9.33. The van der Waals surface area contributed by atoms with Crippen molar-refractivity contribution in [2.45, 2.75) is 74.7 Å². The molecule has 0 saturated carbocycles. The van der Waals surface area contributed by atoms with Gasteiger partial charge in [0.25, 0.3) is 0 Å². The largest absolute Gasteiger partial charge is 0.394 e. The van der Waals surface area contributed by atoms with Crippen LogP contribution in [0.25, 0.3) is 11.0 Å². The summed E-state index contributed by atoms with van der Waals surface area (Å²) in [5.41, 5.74) is 1.52. The number of aromatic nitrogens is 3. The average Bonchev–Trinajstić information content (AvgIpc) is 3.69. The lowest BCUT2D eigenvalue weighted by Gasteiger charge is -2.39. The summed E-state index contributed by atoms with van der Waals surface area (Å²) in [6.07, 6.45) is 6.05. The monoisotopic (exact) mass is 594 g/mol. The number of hydrogen-bond acceptors (Lipinski definition) is 7. The van der Waals surface area contributed by atoms with E-state index in [0.717, 1.165) is 23.9 Å². The van der Waals surface area contributed by atoms with Gasteiger partial charge in [0.05, 0.1) is 34.7 Å². The Labute approximate surface area is 251 Å². The van der Waals surface area contributed by atoms with Gasteiger partial charge >= 0.3 is 0 Å². The lowest BCUT2D eigenvalue weighted by Crippen LogP contribution is -2.57. The molecule has 3 saturated heterocycles. The van der Waals surface area contributed by atoms with Crippen LogP contribution in [0.1, 0.15) is 46.5 Å². The maximum atomic E-state index is 14.8. The van der Waals surface area contributed by atoms with Gasteiger partial charge in [0.2, 0.25) is 17.7 Å². The highest BCUT2D eigenvalue weighted by Crippen LogP contribution is 2.72. The quantitative estimate of drug-likeness (QED) is 0.355. The maximum Gasteiger partial charge on any atom is 0.248 e. The number of carbonyl (C=O) groups excluding carboxylic acids is 3. The summed E-state index contributed by atoms with van der Waals surface area (Å²) in [4.78, 5) is 48.5. The Hall–Kier alpha value is -3.18. The number of carbonyl (C=O) groups is 3. The number of fused-ring (bicyclic) bond motifs is 2. The molecule has 0 radical (unpaired) electrons. The minimum Gasteiger partial charge on any atom is -0.394 e. The molecule has 2 unspecified atom stereocenters. The highest BCUT2D eigenvalue weighted by molar-refractivity contribution is 8.02. The van der Waals surface area contributed by atoms with Gasteiger partial charge in [0.1, 0.15) is 18.2 Å². The van der Waals surface area contributed by atoms with E-state index in [1.165, 1.54) is 0 Å². The van der Waals surface area contributed by atoms with Crippen LogP contribution in [0.15, 0.2) is 49.6 Å². The molecule has 3 aliphatic heterocycles. The fraction of sp³-hybridized carbons (Fsp3) is 0.581. The topological polar surface area (TPSA) is 112 Å². The van der Waals surface area contributed by atoms with E-state index in [1.54, 1.807) is 43.3 Å². The van der Waals surface area contributed by atoms with Crippen molar-refractivity contribution in [2.24, 2.45) is 11.8 Å². The van der Waals surface area contributed by atoms with E-state index in [9.17, 15) is 19.5 Å². The van der Waals surface area contributed by atoms with E-state index in [4.69, 9.17) is 0 Å². The van der Waals surface area contributed by atoms with Crippen molar-refractivity contribution in [3.8, 4) is 0 Å². The van der Waals surface area contributed by atoms with E-state index in [-0.39, 0.29) is 37.5 Å². The number of hydrogen-bond donors (Lipinski definition) is 1. The number of aliphatic hydroxyl groups excluding tert-OH is 1. The van der Waals surface area contributed by atoms with Crippen molar-refractivity contribution < 1.29 is 19.5 Å². The van der Waals surface area contributed by atoms with Crippen LogP contribution in [0.4, 0.5) is 0 Å². The van der Waals surface area contributed by atoms with Gasteiger partial charge < -0.3 is 19.8 Å². The van der Waals surface area contributed by atoms with Crippen molar-refractivity contribution >= 4 is 40.5 Å². The molecule has 0 aliphatic carbocycles. The molecule has 226 valence electrons. The summed E-state index contributed by atoms with van der Waals surface area (Å²) in [7, 11) is 0. The predicted octanol–water partition coefficient (Wildman–Crippen LogP) is 3.08. The van der Waals surface area contributed by atoms with E-state index in [1.807, 2.05) is 38.1 Å². The van der Waals surface area contributed by atoms with Gasteiger partial charge in [0, 0.05) is 24.4 Å². The number of thioether (sulfide) groups is 1. The molecule has 2 bridgehead atoms. The number of benzene rings is 1. The maximum absolute atomic E-state index is 14.8. The zero-order valence-electron chi connectivity index (χ0n) is 24.8. The molecule has 3 amide bonds. The van der Waals surface area contributed by atoms with Crippen LogP contribution < -0.4 is 0 Å². The molecule has 3 fully saturated rings. The molecular weight excluding hydrogens is 552 g/mol. The molecule has 1 N–H and O–H groups in total. The SMILES string of the molecule is C=CCN(Cn1nnc2ccccc21)C(=O)C1N([C@@H](CC)CO)C(=O)[C@@H]2[C@H](C(=O)N(CC=C)CCC)[C@]3(C)CCC12S3. The number of rotatable bonds is 13. The van der Waals surface area contributed by atoms with E-state index >= 15 is 0 Å². The molecular formula is C31H42N6O4S. The van der Waals surface area contributed by atoms with Crippen molar-refractivity contribution in [3.63, 3.8) is 0 Å². The second-order valence-corrected chi connectivity index (χ2v) is 13.8. The summed E-state index contributed by atoms with van der Waals surface area (Å²) in [6.45, 7) is 14.9. The number of nitrogens with zero attached hydrogens (tertiary/aromatic N) is 6. The number of para-hydroxylation sites is 1. The first-order valence-corrected chi connectivity index (χ1v) is 15.7. The minimum atomic E-state index is -0.828. The van der Waals surface area contributed by atoms with Gasteiger partial charge in [-0.1, -0.05) is 43.3 Å². The molecule has 1 aromatic heterocycles. The predicted molar refractivity (Wildman–Crippen MR) is 163 cm³/mol. The van der Waals surface area contributed by atoms with Crippen LogP contribution in [-0.2, 0) is 21.1 Å². The van der Waals surface area contributed by atoms with Crippen LogP contribution in [0, 0.1) is 11.8 Å². The van der Waals surface area contributed by atoms with E-state index in [2.05, 4.69) is 30.4 Å². The molecule has 42 heavy (non-hydrogen) atoms. The normalized spacial score (nSPS) is 28.6. The molecule has 10 nitrogen and oxygen atoms in total. The van der Waals surface area contributed by atoms with E-state index in [0.29, 0.717) is 25.9 Å². The number of likely N-dealkylation sites (tertiary alicyclic amines) is 1. The average molecular weight is 595 g/mol. The Balaban J connectivity index is 1.57. The molecule has 4 heterocycles. The zero-order chi connectivity index (χ0) is 30.2. The third kappa shape index (κ3) is 4.65. The first-order chi connectivity index (χ1) is 20.2. The van der Waals surface area contributed by atoms with Gasteiger partial charge in [-0.3, -0.25) is 14.4 Å². The molecule has 11 heteroatoms. The Morgan fingerprint density at radius 2 is 1.88 bits per heavy atom. The lowest BCUT2D eigenvalue weighted by molar-refractivity contribution is -0.148. The van der Waals surface area contributed by atoms with Gasteiger partial charge in [-0.05, 0) is 44.7 Å². The Morgan fingerprint density at radius 3 is 2.55 bits per heavy atom. The van der Waals surface area contributed by atoms with Gasteiger partial charge in [-0.2, -0.15) is 0 Å². The van der Waals surface area contributed by atoms with Gasteiger partial charge in [-0.25, -0.2) is 4.68 Å². The summed E-state index contributed by atoms with van der Waals surface area (Å²) in [5.74, 6) is -1.68. The van der Waals surface area contributed by atoms with Crippen molar-refractivity contribution in [2.75, 3.05) is 26.2 Å². The second kappa shape index (κ2) is 11.8. The van der Waals surface area contributed by atoms with Crippen LogP contribution in [-0.4, -0.2) is 100 Å². The van der Waals surface area contributed by atoms with Crippen LogP contribution >= 0.6 is 11.8 Å². The van der Waals surface area contributed by atoms with Crippen LogP contribution in [0.3, 0.4) is 0 Å². The molecule has 1 aromatic carbocycles. The van der Waals surface area contributed by atoms with Gasteiger partial charge in [-0.15, -0.1) is 30.0 Å². The van der Waals surface area contributed by atoms with Crippen molar-refractivity contribution in [1.29, 1.82) is 0 Å². The summed E-state index contributed by atoms with van der Waals surface area (Å²) < 4.78 is 0.435. The summed E-state index contributed by atoms with van der Waals surface area (Å²) >= 11 is 1.64. The summed E-state index contributed by atoms with van der Waals surface area (Å²) in [5, 5.41) is 18.9. The van der Waals surface area contributed by atoms with Crippen molar-refractivity contribution in [1.82, 2.24) is 29.7 Å². The molecule has 6 atom stereocenters. The highest BCUT2D eigenvalue weighted by Gasteiger charge is 2.78. The lowest BCUT2D eigenvalue weighted by atomic mass is 9.66. The highest BCUT2D eigenvalue weighted by atomic mass is 32.2. The Morgan fingerprint density at radius 1 is 1.17 bits per heavy atom. The molecule has 2 aromatic rings.